The van der Waals surface area contributed by atoms with Crippen LogP contribution in [0.4, 0.5) is 24.0 Å². The molecule has 2 atom stereocenters. The molecule has 0 bridgehead atoms. The number of nitrogen functional groups attached to an aromatic ring is 1. The van der Waals surface area contributed by atoms with Gasteiger partial charge in [-0.15, -0.1) is 11.3 Å². The maximum atomic E-state index is 16.9. The fraction of sp³-hybridized carbons (Fsp3) is 0.424. The van der Waals surface area contributed by atoms with Crippen LogP contribution in [0.2, 0.25) is 5.02 Å². The molecule has 0 radical (unpaired) electrons. The Morgan fingerprint density at radius 1 is 1.31 bits per heavy atom. The molecule has 0 spiro atoms. The van der Waals surface area contributed by atoms with Crippen molar-refractivity contribution in [1.29, 1.82) is 5.26 Å². The van der Waals surface area contributed by atoms with Crippen LogP contribution in [0.1, 0.15) is 44.6 Å². The molecule has 0 unspecified atom stereocenters. The summed E-state index contributed by atoms with van der Waals surface area (Å²) in [6, 6.07) is 5.83. The first-order chi connectivity index (χ1) is 23.4. The number of alkyl halides is 1. The number of carbonyl (C=O) groups is 2. The van der Waals surface area contributed by atoms with E-state index in [0.717, 1.165) is 36.8 Å². The van der Waals surface area contributed by atoms with Gasteiger partial charge >= 0.3 is 6.01 Å². The third kappa shape index (κ3) is 6.22. The van der Waals surface area contributed by atoms with E-state index in [2.05, 4.69) is 14.9 Å². The van der Waals surface area contributed by atoms with Crippen molar-refractivity contribution in [2.24, 2.45) is 0 Å². The van der Waals surface area contributed by atoms with Crippen molar-refractivity contribution >= 4 is 66.6 Å². The number of aromatic nitrogens is 2. The minimum Gasteiger partial charge on any atom is -0.461 e. The number of amides is 2. The first-order valence-electron chi connectivity index (χ1n) is 15.6. The summed E-state index contributed by atoms with van der Waals surface area (Å²) in [6.45, 7) is 2.62. The van der Waals surface area contributed by atoms with Gasteiger partial charge in [0, 0.05) is 56.2 Å². The second-order valence-electron chi connectivity index (χ2n) is 12.3. The first kappa shape index (κ1) is 34.6. The van der Waals surface area contributed by atoms with Crippen LogP contribution in [0.15, 0.2) is 18.2 Å². The zero-order valence-electron chi connectivity index (χ0n) is 27.0. The fourth-order valence-corrected chi connectivity index (χ4v) is 8.24. The molecule has 2 amide bonds. The quantitative estimate of drug-likeness (QED) is 0.195. The molecule has 49 heavy (non-hydrogen) atoms. The lowest BCUT2D eigenvalue weighted by Crippen LogP contribution is -2.43. The standard InChI is InChI=1S/C33H33ClF3N7O4S/c1-17(45)44(47-3)24(46)6-4-10-42(2)31-20-12-22(34)26(19-7-8-23(36)29-25(19)21(14-38)30(39)49-29)27(37)28(20)40-32(41-31)48-16-33-9-5-11-43(33)15-18(35)13-33/h7-8,12,18H,4-6,9-11,13,15-16,39H2,1-3H3/t18-,33+/m1/s1. The molecule has 2 aromatic carbocycles. The van der Waals surface area contributed by atoms with Gasteiger partial charge in [-0.2, -0.15) is 20.3 Å². The number of nitrogens with two attached hydrogens (primary N) is 1. The Balaban J connectivity index is 1.43. The highest BCUT2D eigenvalue weighted by Gasteiger charge is 2.49. The monoisotopic (exact) mass is 715 g/mol. The van der Waals surface area contributed by atoms with Crippen LogP contribution in [-0.4, -0.2) is 83.9 Å². The molecule has 16 heteroatoms. The number of nitrogens with zero attached hydrogens (tertiary/aromatic N) is 6. The summed E-state index contributed by atoms with van der Waals surface area (Å²) < 4.78 is 52.4. The largest absolute Gasteiger partial charge is 0.461 e. The van der Waals surface area contributed by atoms with E-state index in [1.54, 1.807) is 11.9 Å². The van der Waals surface area contributed by atoms with Crippen LogP contribution in [0.25, 0.3) is 32.1 Å². The summed E-state index contributed by atoms with van der Waals surface area (Å²) in [4.78, 5) is 41.9. The van der Waals surface area contributed by atoms with Gasteiger partial charge in [0.05, 0.1) is 27.9 Å². The molecule has 4 heterocycles. The van der Waals surface area contributed by atoms with Crippen molar-refractivity contribution in [3.05, 3.63) is 40.4 Å². The first-order valence-corrected chi connectivity index (χ1v) is 16.8. The Hall–Kier alpha value is -4.23. The van der Waals surface area contributed by atoms with Gasteiger partial charge in [0.25, 0.3) is 5.91 Å². The van der Waals surface area contributed by atoms with Crippen LogP contribution >= 0.6 is 22.9 Å². The van der Waals surface area contributed by atoms with E-state index in [1.807, 2.05) is 6.07 Å². The van der Waals surface area contributed by atoms with Gasteiger partial charge in [-0.3, -0.25) is 19.3 Å². The van der Waals surface area contributed by atoms with Gasteiger partial charge < -0.3 is 15.4 Å². The summed E-state index contributed by atoms with van der Waals surface area (Å²) in [5.74, 6) is -2.32. The van der Waals surface area contributed by atoms with Gasteiger partial charge in [0.2, 0.25) is 5.91 Å². The summed E-state index contributed by atoms with van der Waals surface area (Å²) >= 11 is 7.64. The molecule has 2 N–H and O–H groups in total. The second kappa shape index (κ2) is 13.6. The maximum absolute atomic E-state index is 16.9. The highest BCUT2D eigenvalue weighted by molar-refractivity contribution is 7.23. The van der Waals surface area contributed by atoms with E-state index >= 15 is 4.39 Å². The lowest BCUT2D eigenvalue weighted by Gasteiger charge is -2.31. The van der Waals surface area contributed by atoms with Gasteiger partial charge in [-0.25, -0.2) is 13.2 Å². The number of carbonyl (C=O) groups excluding carboxylic acids is 2. The number of nitriles is 1. The molecule has 2 aromatic heterocycles. The van der Waals surface area contributed by atoms with Crippen LogP contribution < -0.4 is 15.4 Å². The molecular weight excluding hydrogens is 683 g/mol. The van der Waals surface area contributed by atoms with Crippen LogP contribution in [0, 0.1) is 23.0 Å². The van der Waals surface area contributed by atoms with E-state index in [1.165, 1.54) is 26.2 Å². The van der Waals surface area contributed by atoms with Gasteiger partial charge in [0.15, 0.2) is 5.82 Å². The highest BCUT2D eigenvalue weighted by atomic mass is 35.5. The van der Waals surface area contributed by atoms with E-state index < -0.39 is 35.2 Å². The van der Waals surface area contributed by atoms with E-state index in [9.17, 15) is 23.6 Å². The number of hydroxylamine groups is 2. The molecule has 0 saturated carbocycles. The Morgan fingerprint density at radius 3 is 2.80 bits per heavy atom. The molecule has 2 aliphatic heterocycles. The molecule has 6 rings (SSSR count). The molecule has 2 fully saturated rings. The Morgan fingerprint density at radius 2 is 2.08 bits per heavy atom. The van der Waals surface area contributed by atoms with Gasteiger partial charge in [-0.1, -0.05) is 17.7 Å². The lowest BCUT2D eigenvalue weighted by atomic mass is 9.95. The molecule has 11 nitrogen and oxygen atoms in total. The third-order valence-electron chi connectivity index (χ3n) is 9.21. The smallest absolute Gasteiger partial charge is 0.319 e. The van der Waals surface area contributed by atoms with Crippen molar-refractivity contribution in [3.63, 3.8) is 0 Å². The Labute approximate surface area is 288 Å². The number of thiophene rings is 1. The number of hydrogen-bond acceptors (Lipinski definition) is 11. The zero-order valence-corrected chi connectivity index (χ0v) is 28.6. The molecule has 258 valence electrons. The van der Waals surface area contributed by atoms with Crippen molar-refractivity contribution < 1.29 is 32.3 Å². The molecule has 0 aliphatic carbocycles. The molecule has 2 aliphatic rings. The predicted octanol–water partition coefficient (Wildman–Crippen LogP) is 6.01. The minimum atomic E-state index is -0.984. The summed E-state index contributed by atoms with van der Waals surface area (Å²) in [5.41, 5.74) is 5.41. The summed E-state index contributed by atoms with van der Waals surface area (Å²) in [6.07, 6.45) is 1.20. The highest BCUT2D eigenvalue weighted by Crippen LogP contribution is 2.46. The SMILES string of the molecule is CON(C(C)=O)C(=O)CCCN(C)c1nc(OC[C@@]23CCCN2C[C@H](F)C3)nc2c(F)c(-c3ccc(F)c4sc(N)c(C#N)c34)c(Cl)cc12. The van der Waals surface area contributed by atoms with Gasteiger partial charge in [-0.05, 0) is 43.5 Å². The Bertz CT molecular complexity index is 2020. The van der Waals surface area contributed by atoms with E-state index in [0.29, 0.717) is 18.0 Å². The lowest BCUT2D eigenvalue weighted by molar-refractivity contribution is -0.185. The van der Waals surface area contributed by atoms with Gasteiger partial charge in [0.1, 0.15) is 41.0 Å². The van der Waals surface area contributed by atoms with Crippen LogP contribution in [0.5, 0.6) is 6.01 Å². The van der Waals surface area contributed by atoms with Crippen molar-refractivity contribution in [2.75, 3.05) is 51.0 Å². The topological polar surface area (TPSA) is 138 Å². The number of anilines is 2. The van der Waals surface area contributed by atoms with Crippen molar-refractivity contribution in [3.8, 4) is 23.2 Å². The number of hydrogen-bond donors (Lipinski definition) is 1. The summed E-state index contributed by atoms with van der Waals surface area (Å²) in [7, 11) is 2.91. The predicted molar refractivity (Wildman–Crippen MR) is 180 cm³/mol. The molecule has 2 saturated heterocycles. The van der Waals surface area contributed by atoms with Crippen LogP contribution in [0.3, 0.4) is 0 Å². The minimum absolute atomic E-state index is 0.00617. The normalized spacial score (nSPS) is 18.9. The molecular formula is C33H33ClF3N7O4S. The third-order valence-corrected chi connectivity index (χ3v) is 10.5. The number of benzene rings is 2. The molecule has 4 aromatic rings. The van der Waals surface area contributed by atoms with Crippen molar-refractivity contribution in [2.45, 2.75) is 50.7 Å². The van der Waals surface area contributed by atoms with Crippen molar-refractivity contribution in [1.82, 2.24) is 19.9 Å². The maximum Gasteiger partial charge on any atom is 0.319 e. The fourth-order valence-electron chi connectivity index (χ4n) is 7.00. The number of imide groups is 1. The zero-order chi connectivity index (χ0) is 35.2. The number of rotatable bonds is 10. The second-order valence-corrected chi connectivity index (χ2v) is 13.8. The van der Waals surface area contributed by atoms with Crippen LogP contribution in [-0.2, 0) is 14.4 Å². The number of ether oxygens (including phenoxy) is 1. The van der Waals surface area contributed by atoms with E-state index in [4.69, 9.17) is 26.9 Å². The number of halogens is 4. The average molecular weight is 716 g/mol. The average Bonchev–Trinajstić information content (AvgIpc) is 3.70. The van der Waals surface area contributed by atoms with E-state index in [-0.39, 0.29) is 85.5 Å². The number of fused-ring (bicyclic) bond motifs is 3. The summed E-state index contributed by atoms with van der Waals surface area (Å²) in [5, 5.41) is 10.9. The Kier molecular flexibility index (Phi) is 9.60.